The molecule has 1 rings (SSSR count). The molecule has 8 heteroatoms. The maximum atomic E-state index is 13.4. The third-order valence-electron chi connectivity index (χ3n) is 4.73. The molecular formula is C22H30Cl4N2O2. The molecule has 0 bridgehead atoms. The van der Waals surface area contributed by atoms with Crippen molar-refractivity contribution in [2.24, 2.45) is 0 Å². The number of rotatable bonds is 14. The molecule has 30 heavy (non-hydrogen) atoms. The second kappa shape index (κ2) is 15.8. The van der Waals surface area contributed by atoms with Crippen LogP contribution in [0.25, 0.3) is 0 Å². The number of nitrogens with zero attached hydrogens (tertiary/aromatic N) is 2. The predicted octanol–water partition coefficient (Wildman–Crippen LogP) is 4.94. The first-order valence-corrected chi connectivity index (χ1v) is 12.3. The average Bonchev–Trinajstić information content (AvgIpc) is 2.76. The Morgan fingerprint density at radius 1 is 0.733 bits per heavy atom. The van der Waals surface area contributed by atoms with E-state index in [0.717, 1.165) is 5.56 Å². The topological polar surface area (TPSA) is 40.6 Å². The summed E-state index contributed by atoms with van der Waals surface area (Å²) in [7, 11) is 0. The Balaban J connectivity index is 3.33. The highest BCUT2D eigenvalue weighted by Gasteiger charge is 2.26. The van der Waals surface area contributed by atoms with E-state index in [-0.39, 0.29) is 11.8 Å². The minimum Gasteiger partial charge on any atom is -0.337 e. The highest BCUT2D eigenvalue weighted by atomic mass is 35.5. The fourth-order valence-electron chi connectivity index (χ4n) is 3.21. The number of carbonyl (C=O) groups excluding carboxylic acids is 2. The van der Waals surface area contributed by atoms with E-state index in [1.54, 1.807) is 9.80 Å². The molecule has 0 radical (unpaired) electrons. The van der Waals surface area contributed by atoms with Crippen LogP contribution in [0.4, 0.5) is 0 Å². The zero-order valence-electron chi connectivity index (χ0n) is 17.4. The summed E-state index contributed by atoms with van der Waals surface area (Å²) < 4.78 is 0. The van der Waals surface area contributed by atoms with Crippen LogP contribution in [-0.4, -0.2) is 71.3 Å². The molecule has 0 aromatic heterocycles. The van der Waals surface area contributed by atoms with Crippen LogP contribution in [0.15, 0.2) is 41.5 Å². The molecule has 0 unspecified atom stereocenters. The van der Waals surface area contributed by atoms with Crippen molar-refractivity contribution < 1.29 is 9.59 Å². The van der Waals surface area contributed by atoms with Crippen LogP contribution in [0.5, 0.6) is 0 Å². The second-order valence-electron chi connectivity index (χ2n) is 6.64. The summed E-state index contributed by atoms with van der Waals surface area (Å²) in [5.74, 6) is 0.833. The van der Waals surface area contributed by atoms with E-state index >= 15 is 0 Å². The summed E-state index contributed by atoms with van der Waals surface area (Å²) in [5, 5.41) is 0. The number of carbonyl (C=O) groups is 2. The van der Waals surface area contributed by atoms with Crippen molar-refractivity contribution in [3.63, 3.8) is 0 Å². The van der Waals surface area contributed by atoms with E-state index < -0.39 is 0 Å². The molecule has 2 amide bonds. The van der Waals surface area contributed by atoms with Gasteiger partial charge in [-0.15, -0.1) is 46.4 Å². The van der Waals surface area contributed by atoms with Crippen LogP contribution in [-0.2, 0) is 16.0 Å². The Morgan fingerprint density at radius 3 is 1.57 bits per heavy atom. The first-order chi connectivity index (χ1) is 14.5. The van der Waals surface area contributed by atoms with Crippen molar-refractivity contribution in [1.82, 2.24) is 9.80 Å². The van der Waals surface area contributed by atoms with Gasteiger partial charge in [-0.3, -0.25) is 9.59 Å². The van der Waals surface area contributed by atoms with Gasteiger partial charge in [0.1, 0.15) is 0 Å². The number of benzene rings is 1. The highest BCUT2D eigenvalue weighted by molar-refractivity contribution is 6.19. The van der Waals surface area contributed by atoms with Gasteiger partial charge in [0, 0.05) is 60.8 Å². The van der Waals surface area contributed by atoms with Crippen molar-refractivity contribution in [1.29, 1.82) is 0 Å². The Bertz CT molecular complexity index is 671. The molecule has 0 heterocycles. The molecule has 0 aliphatic heterocycles. The highest BCUT2D eigenvalue weighted by Crippen LogP contribution is 2.21. The third kappa shape index (κ3) is 8.66. The molecule has 4 nitrogen and oxygen atoms in total. The largest absolute Gasteiger partial charge is 0.337 e. The minimum absolute atomic E-state index is 0.186. The summed E-state index contributed by atoms with van der Waals surface area (Å²) in [4.78, 5) is 29.9. The number of halogens is 4. The fraction of sp³-hybridized carbons (Fsp3) is 0.545. The van der Waals surface area contributed by atoms with Crippen LogP contribution in [0.2, 0.25) is 0 Å². The molecular weight excluding hydrogens is 466 g/mol. The molecule has 1 aromatic rings. The monoisotopic (exact) mass is 494 g/mol. The van der Waals surface area contributed by atoms with Gasteiger partial charge in [0.2, 0.25) is 11.8 Å². The maximum absolute atomic E-state index is 13.4. The lowest BCUT2D eigenvalue weighted by Gasteiger charge is -2.27. The lowest BCUT2D eigenvalue weighted by Crippen LogP contribution is -2.39. The van der Waals surface area contributed by atoms with Gasteiger partial charge in [0.05, 0.1) is 0 Å². The molecule has 0 spiro atoms. The van der Waals surface area contributed by atoms with Crippen molar-refractivity contribution in [2.75, 3.05) is 49.7 Å². The van der Waals surface area contributed by atoms with E-state index in [0.29, 0.717) is 80.1 Å². The summed E-state index contributed by atoms with van der Waals surface area (Å²) in [5.41, 5.74) is 2.11. The van der Waals surface area contributed by atoms with Crippen LogP contribution in [0, 0.1) is 0 Å². The Labute approximate surface area is 200 Å². The van der Waals surface area contributed by atoms with E-state index in [1.807, 2.05) is 37.3 Å². The van der Waals surface area contributed by atoms with E-state index in [4.69, 9.17) is 46.4 Å². The zero-order valence-corrected chi connectivity index (χ0v) is 20.4. The van der Waals surface area contributed by atoms with Gasteiger partial charge in [-0.2, -0.15) is 0 Å². The zero-order chi connectivity index (χ0) is 22.4. The maximum Gasteiger partial charge on any atom is 0.250 e. The Morgan fingerprint density at radius 2 is 1.17 bits per heavy atom. The van der Waals surface area contributed by atoms with Gasteiger partial charge >= 0.3 is 0 Å². The standard InChI is InChI=1S/C22H30Cl4N2O2/c1-2-19(21(29)27(14-10-23)15-11-24)20(9-8-18-6-4-3-5-7-18)22(30)28(16-12-25)17-13-26/h3-7H,2,8-17H2,1H3. The van der Waals surface area contributed by atoms with E-state index in [2.05, 4.69) is 0 Å². The summed E-state index contributed by atoms with van der Waals surface area (Å²) in [6.45, 7) is 3.39. The van der Waals surface area contributed by atoms with Gasteiger partial charge < -0.3 is 9.80 Å². The molecule has 0 aliphatic rings. The predicted molar refractivity (Wildman–Crippen MR) is 128 cm³/mol. The molecule has 0 atom stereocenters. The van der Waals surface area contributed by atoms with Gasteiger partial charge in [-0.05, 0) is 24.8 Å². The second-order valence-corrected chi connectivity index (χ2v) is 8.15. The molecule has 0 N–H and O–H groups in total. The average molecular weight is 496 g/mol. The van der Waals surface area contributed by atoms with Crippen LogP contribution >= 0.6 is 46.4 Å². The molecule has 0 saturated carbocycles. The summed E-state index contributed by atoms with van der Waals surface area (Å²) in [6.07, 6.45) is 1.54. The first-order valence-electron chi connectivity index (χ1n) is 10.1. The smallest absolute Gasteiger partial charge is 0.250 e. The van der Waals surface area contributed by atoms with Crippen molar-refractivity contribution in [3.8, 4) is 0 Å². The van der Waals surface area contributed by atoms with Crippen LogP contribution in [0.3, 0.4) is 0 Å². The van der Waals surface area contributed by atoms with E-state index in [1.165, 1.54) is 0 Å². The molecule has 1 aromatic carbocycles. The minimum atomic E-state index is -0.188. The van der Waals surface area contributed by atoms with Gasteiger partial charge in [0.25, 0.3) is 0 Å². The lowest BCUT2D eigenvalue weighted by atomic mass is 9.96. The normalized spacial score (nSPS) is 11.8. The summed E-state index contributed by atoms with van der Waals surface area (Å²) in [6, 6.07) is 9.90. The van der Waals surface area contributed by atoms with Crippen molar-refractivity contribution in [2.45, 2.75) is 26.2 Å². The Kier molecular flexibility index (Phi) is 14.3. The SMILES string of the molecule is CCC(C(=O)N(CCCl)CCCl)=C(CCc1ccccc1)C(=O)N(CCCl)CCCl. The number of alkyl halides is 4. The van der Waals surface area contributed by atoms with Crippen molar-refractivity contribution >= 4 is 58.2 Å². The van der Waals surface area contributed by atoms with Gasteiger partial charge in [-0.1, -0.05) is 37.3 Å². The van der Waals surface area contributed by atoms with E-state index in [9.17, 15) is 9.59 Å². The summed E-state index contributed by atoms with van der Waals surface area (Å²) >= 11 is 23.6. The number of amides is 2. The van der Waals surface area contributed by atoms with Crippen LogP contribution in [0.1, 0.15) is 25.3 Å². The van der Waals surface area contributed by atoms with Gasteiger partial charge in [0.15, 0.2) is 0 Å². The molecule has 0 fully saturated rings. The third-order valence-corrected chi connectivity index (χ3v) is 5.41. The quantitative estimate of drug-likeness (QED) is 0.271. The molecule has 0 saturated heterocycles. The first kappa shape index (κ1) is 27.1. The number of hydrogen-bond donors (Lipinski definition) is 0. The molecule has 168 valence electrons. The van der Waals surface area contributed by atoms with Crippen molar-refractivity contribution in [3.05, 3.63) is 47.0 Å². The van der Waals surface area contributed by atoms with Gasteiger partial charge in [-0.25, -0.2) is 0 Å². The Hall–Kier alpha value is -0.940. The lowest BCUT2D eigenvalue weighted by molar-refractivity contribution is -0.129. The number of hydrogen-bond acceptors (Lipinski definition) is 2. The fourth-order valence-corrected chi connectivity index (χ4v) is 4.03. The number of aryl methyl sites for hydroxylation is 1. The molecule has 0 aliphatic carbocycles. The van der Waals surface area contributed by atoms with Crippen LogP contribution < -0.4 is 0 Å².